The molecular formula is C66H54O3. The molecule has 336 valence electrons. The van der Waals surface area contributed by atoms with Gasteiger partial charge in [-0.25, -0.2) is 0 Å². The van der Waals surface area contributed by atoms with Gasteiger partial charge in [0.1, 0.15) is 17.1 Å². The lowest BCUT2D eigenvalue weighted by atomic mass is 9.72. The molecule has 0 saturated carbocycles. The first kappa shape index (κ1) is 43.6. The zero-order valence-corrected chi connectivity index (χ0v) is 39.8. The number of fused-ring (bicyclic) bond motifs is 6. The Morgan fingerprint density at radius 3 is 1.33 bits per heavy atom. The molecule has 0 bridgehead atoms. The van der Waals surface area contributed by atoms with Crippen molar-refractivity contribution < 1.29 is 14.6 Å². The number of aryl methyl sites for hydroxylation is 1. The highest BCUT2D eigenvalue weighted by Crippen LogP contribution is 2.56. The number of methoxy groups -OCH3 is 2. The van der Waals surface area contributed by atoms with Crippen molar-refractivity contribution in [3.05, 3.63) is 234 Å². The van der Waals surface area contributed by atoms with Crippen molar-refractivity contribution in [3.63, 3.8) is 0 Å². The average Bonchev–Trinajstić information content (AvgIpc) is 3.41. The molecule has 1 N–H and O–H groups in total. The topological polar surface area (TPSA) is 38.7 Å². The van der Waals surface area contributed by atoms with Gasteiger partial charge in [0.2, 0.25) is 0 Å². The fraction of sp³-hybridized carbons (Fsp3) is 0.121. The van der Waals surface area contributed by atoms with Crippen molar-refractivity contribution >= 4 is 59.9 Å². The zero-order valence-electron chi connectivity index (χ0n) is 39.8. The Labute approximate surface area is 404 Å². The normalized spacial score (nSPS) is 13.0. The van der Waals surface area contributed by atoms with Crippen LogP contribution in [0.15, 0.2) is 200 Å². The molecule has 0 radical (unpaired) electrons. The van der Waals surface area contributed by atoms with E-state index in [9.17, 15) is 0 Å². The third-order valence-corrected chi connectivity index (χ3v) is 14.3. The van der Waals surface area contributed by atoms with Gasteiger partial charge in [0.15, 0.2) is 0 Å². The Hall–Kier alpha value is -7.98. The Morgan fingerprint density at radius 2 is 0.812 bits per heavy atom. The van der Waals surface area contributed by atoms with Crippen LogP contribution in [0.1, 0.15) is 53.6 Å². The van der Waals surface area contributed by atoms with Crippen LogP contribution in [-0.2, 0) is 12.0 Å². The molecule has 0 heterocycles. The second kappa shape index (κ2) is 17.9. The van der Waals surface area contributed by atoms with Crippen LogP contribution in [0.2, 0.25) is 0 Å². The monoisotopic (exact) mass is 894 g/mol. The van der Waals surface area contributed by atoms with Crippen LogP contribution in [0.3, 0.4) is 0 Å². The SMILES string of the molecule is CC.COc1c(C(O)(c2cc3ccccc3c(-c3cccc4ccccc34)c2C)c2cc3ccccc3c(-c3cccc4ccccc34)c2OC)cc2ccccc2c1-c1cccc2c1C=CCC2. The van der Waals surface area contributed by atoms with Crippen LogP contribution < -0.4 is 9.47 Å². The van der Waals surface area contributed by atoms with Gasteiger partial charge in [0.25, 0.3) is 0 Å². The molecule has 0 aromatic heterocycles. The molecule has 1 unspecified atom stereocenters. The van der Waals surface area contributed by atoms with Gasteiger partial charge in [-0.2, -0.15) is 0 Å². The summed E-state index contributed by atoms with van der Waals surface area (Å²) in [4.78, 5) is 0. The second-order valence-corrected chi connectivity index (χ2v) is 17.8. The lowest BCUT2D eigenvalue weighted by Crippen LogP contribution is -2.32. The number of aliphatic hydroxyl groups is 1. The predicted octanol–water partition coefficient (Wildman–Crippen LogP) is 17.0. The molecule has 0 saturated heterocycles. The van der Waals surface area contributed by atoms with Crippen molar-refractivity contribution in [2.45, 2.75) is 39.2 Å². The van der Waals surface area contributed by atoms with Crippen LogP contribution in [0.5, 0.6) is 11.5 Å². The molecular weight excluding hydrogens is 841 g/mol. The molecule has 1 aliphatic rings. The Balaban J connectivity index is 0.00000257. The standard InChI is InChI=1S/C64H48O3.C2H6/c1-40-56(37-44-22-7-13-31-50(44)59(40)53-34-16-25-41-19-4-10-28-47(41)53)64(65,57-38-45-23-8-14-32-51(45)60(62(57)66-2)54-35-17-26-42-20-5-11-29-48(42)54)58-39-46-24-9-15-33-52(46)61(63(58)67-3)55-36-18-27-43-21-6-12-30-49(43)55;1-2/h4-5,7-20,22-39,65H,6,21H2,1-3H3;1-2H3. The molecule has 3 heteroatoms. The maximum absolute atomic E-state index is 15.2. The van der Waals surface area contributed by atoms with E-state index in [1.807, 2.05) is 13.8 Å². The zero-order chi connectivity index (χ0) is 47.2. The van der Waals surface area contributed by atoms with Crippen LogP contribution in [0.4, 0.5) is 0 Å². The van der Waals surface area contributed by atoms with Crippen molar-refractivity contribution in [1.29, 1.82) is 0 Å². The molecule has 0 fully saturated rings. The van der Waals surface area contributed by atoms with E-state index in [0.29, 0.717) is 22.6 Å². The van der Waals surface area contributed by atoms with Gasteiger partial charge >= 0.3 is 0 Å². The predicted molar refractivity (Wildman–Crippen MR) is 292 cm³/mol. The number of benzene rings is 11. The molecule has 11 aromatic carbocycles. The van der Waals surface area contributed by atoms with Gasteiger partial charge in [-0.3, -0.25) is 0 Å². The summed E-state index contributed by atoms with van der Waals surface area (Å²) in [6.07, 6.45) is 6.48. The smallest absolute Gasteiger partial charge is 0.148 e. The van der Waals surface area contributed by atoms with Gasteiger partial charge in [-0.1, -0.05) is 202 Å². The highest BCUT2D eigenvalue weighted by Gasteiger charge is 2.44. The number of ether oxygens (including phenoxy) is 2. The summed E-state index contributed by atoms with van der Waals surface area (Å²) in [5.74, 6) is 1.20. The maximum Gasteiger partial charge on any atom is 0.148 e. The van der Waals surface area contributed by atoms with E-state index >= 15 is 5.11 Å². The summed E-state index contributed by atoms with van der Waals surface area (Å²) in [5, 5.41) is 25.9. The van der Waals surface area contributed by atoms with Crippen molar-refractivity contribution in [1.82, 2.24) is 0 Å². The van der Waals surface area contributed by atoms with Crippen molar-refractivity contribution in [3.8, 4) is 44.9 Å². The molecule has 69 heavy (non-hydrogen) atoms. The molecule has 1 atom stereocenters. The first-order chi connectivity index (χ1) is 34.0. The summed E-state index contributed by atoms with van der Waals surface area (Å²) in [5.41, 5.74) is 9.66. The summed E-state index contributed by atoms with van der Waals surface area (Å²) >= 11 is 0. The fourth-order valence-electron chi connectivity index (χ4n) is 11.3. The number of hydrogen-bond acceptors (Lipinski definition) is 3. The summed E-state index contributed by atoms with van der Waals surface area (Å²) in [6.45, 7) is 6.18. The second-order valence-electron chi connectivity index (χ2n) is 17.8. The van der Waals surface area contributed by atoms with Gasteiger partial charge in [0, 0.05) is 22.3 Å². The first-order valence-electron chi connectivity index (χ1n) is 24.2. The fourth-order valence-corrected chi connectivity index (χ4v) is 11.3. The van der Waals surface area contributed by atoms with Gasteiger partial charge in [-0.15, -0.1) is 0 Å². The van der Waals surface area contributed by atoms with E-state index in [1.54, 1.807) is 14.2 Å². The van der Waals surface area contributed by atoms with E-state index in [4.69, 9.17) is 9.47 Å². The number of allylic oxidation sites excluding steroid dienone is 1. The van der Waals surface area contributed by atoms with Crippen LogP contribution in [0, 0.1) is 6.92 Å². The molecule has 1 aliphatic carbocycles. The molecule has 0 amide bonds. The third-order valence-electron chi connectivity index (χ3n) is 14.3. The highest BCUT2D eigenvalue weighted by atomic mass is 16.5. The minimum absolute atomic E-state index is 0.591. The largest absolute Gasteiger partial charge is 0.496 e. The minimum atomic E-state index is -1.88. The molecule has 3 nitrogen and oxygen atoms in total. The molecule has 0 aliphatic heterocycles. The Morgan fingerprint density at radius 1 is 0.420 bits per heavy atom. The first-order valence-corrected chi connectivity index (χ1v) is 24.2. The van der Waals surface area contributed by atoms with Gasteiger partial charge in [-0.05, 0) is 136 Å². The lowest BCUT2D eigenvalue weighted by Gasteiger charge is -2.37. The highest BCUT2D eigenvalue weighted by molar-refractivity contribution is 6.11. The number of rotatable bonds is 8. The third kappa shape index (κ3) is 6.99. The quantitative estimate of drug-likeness (QED) is 0.154. The van der Waals surface area contributed by atoms with E-state index in [0.717, 1.165) is 111 Å². The van der Waals surface area contributed by atoms with E-state index in [1.165, 1.54) is 11.1 Å². The van der Waals surface area contributed by atoms with Crippen molar-refractivity contribution in [2.24, 2.45) is 0 Å². The molecule has 11 aromatic rings. The lowest BCUT2D eigenvalue weighted by molar-refractivity contribution is 0.118. The van der Waals surface area contributed by atoms with Crippen LogP contribution >= 0.6 is 0 Å². The van der Waals surface area contributed by atoms with Gasteiger partial charge < -0.3 is 14.6 Å². The van der Waals surface area contributed by atoms with Crippen molar-refractivity contribution in [2.75, 3.05) is 14.2 Å². The van der Waals surface area contributed by atoms with E-state index in [2.05, 4.69) is 213 Å². The van der Waals surface area contributed by atoms with Gasteiger partial charge in [0.05, 0.1) is 14.2 Å². The maximum atomic E-state index is 15.2. The van der Waals surface area contributed by atoms with Crippen LogP contribution in [-0.4, -0.2) is 19.3 Å². The molecule has 0 spiro atoms. The summed E-state index contributed by atoms with van der Waals surface area (Å²) in [7, 11) is 3.49. The van der Waals surface area contributed by atoms with E-state index < -0.39 is 5.60 Å². The van der Waals surface area contributed by atoms with Crippen LogP contribution in [0.25, 0.3) is 93.3 Å². The summed E-state index contributed by atoms with van der Waals surface area (Å²) < 4.78 is 13.6. The summed E-state index contributed by atoms with van der Waals surface area (Å²) in [6, 6.07) is 68.7. The van der Waals surface area contributed by atoms with E-state index in [-0.39, 0.29) is 0 Å². The number of hydrogen-bond donors (Lipinski definition) is 1. The molecule has 12 rings (SSSR count). The minimum Gasteiger partial charge on any atom is -0.496 e. The Bertz CT molecular complexity index is 3810. The Kier molecular flexibility index (Phi) is 11.3. The average molecular weight is 895 g/mol.